The van der Waals surface area contributed by atoms with E-state index in [1.165, 1.54) is 6.42 Å². The van der Waals surface area contributed by atoms with E-state index in [1.54, 1.807) is 12.2 Å². The average Bonchev–Trinajstić information content (AvgIpc) is 2.05. The summed E-state index contributed by atoms with van der Waals surface area (Å²) in [4.78, 5) is 0. The fourth-order valence-electron chi connectivity index (χ4n) is 1.35. The van der Waals surface area contributed by atoms with Crippen LogP contribution >= 0.6 is 0 Å². The van der Waals surface area contributed by atoms with Crippen LogP contribution in [0, 0.1) is 0 Å². The molecule has 0 radical (unpaired) electrons. The SMILES string of the molecule is C=C=CC(O)(CC=C)CCCCC. The Hall–Kier alpha value is -0.780. The van der Waals surface area contributed by atoms with Crippen molar-refractivity contribution in [1.29, 1.82) is 0 Å². The van der Waals surface area contributed by atoms with Crippen molar-refractivity contribution in [3.05, 3.63) is 31.0 Å². The van der Waals surface area contributed by atoms with Crippen LogP contribution in [0.4, 0.5) is 0 Å². The van der Waals surface area contributed by atoms with Gasteiger partial charge in [0.1, 0.15) is 0 Å². The first kappa shape index (κ1) is 12.2. The molecule has 0 aromatic heterocycles. The first-order valence-electron chi connectivity index (χ1n) is 4.89. The Bertz CT molecular complexity index is 189. The summed E-state index contributed by atoms with van der Waals surface area (Å²) in [6.45, 7) is 9.26. The molecule has 1 atom stereocenters. The molecule has 0 aliphatic heterocycles. The highest BCUT2D eigenvalue weighted by atomic mass is 16.3. The summed E-state index contributed by atoms with van der Waals surface area (Å²) in [5.41, 5.74) is 1.88. The molecule has 1 unspecified atom stereocenters. The number of rotatable bonds is 7. The molecular weight excluding hydrogens is 160 g/mol. The van der Waals surface area contributed by atoms with E-state index in [1.807, 2.05) is 0 Å². The van der Waals surface area contributed by atoms with E-state index in [-0.39, 0.29) is 0 Å². The minimum atomic E-state index is -0.765. The second-order valence-electron chi connectivity index (χ2n) is 3.40. The average molecular weight is 180 g/mol. The molecule has 0 rings (SSSR count). The van der Waals surface area contributed by atoms with Crippen LogP contribution < -0.4 is 0 Å². The van der Waals surface area contributed by atoms with Gasteiger partial charge in [-0.15, -0.1) is 12.3 Å². The van der Waals surface area contributed by atoms with E-state index in [9.17, 15) is 5.11 Å². The second-order valence-corrected chi connectivity index (χ2v) is 3.40. The molecule has 0 aromatic rings. The number of aliphatic hydroxyl groups is 1. The van der Waals surface area contributed by atoms with Crippen LogP contribution in [-0.4, -0.2) is 10.7 Å². The van der Waals surface area contributed by atoms with Gasteiger partial charge in [-0.3, -0.25) is 0 Å². The van der Waals surface area contributed by atoms with Gasteiger partial charge in [0.05, 0.1) is 5.60 Å². The maximum Gasteiger partial charge on any atom is 0.0934 e. The summed E-state index contributed by atoms with van der Waals surface area (Å²) in [7, 11) is 0. The van der Waals surface area contributed by atoms with E-state index < -0.39 is 5.60 Å². The van der Waals surface area contributed by atoms with Crippen LogP contribution in [0.3, 0.4) is 0 Å². The Morgan fingerprint density at radius 2 is 2.15 bits per heavy atom. The van der Waals surface area contributed by atoms with E-state index in [2.05, 4.69) is 25.8 Å². The lowest BCUT2D eigenvalue weighted by atomic mass is 9.92. The molecule has 1 nitrogen and oxygen atoms in total. The molecule has 1 heteroatoms. The summed E-state index contributed by atoms with van der Waals surface area (Å²) in [6, 6.07) is 0. The number of hydrogen-bond donors (Lipinski definition) is 1. The normalized spacial score (nSPS) is 14.3. The Morgan fingerprint density at radius 3 is 2.62 bits per heavy atom. The van der Waals surface area contributed by atoms with Gasteiger partial charge in [-0.2, -0.15) is 0 Å². The fourth-order valence-corrected chi connectivity index (χ4v) is 1.35. The smallest absolute Gasteiger partial charge is 0.0934 e. The maximum atomic E-state index is 10.0. The van der Waals surface area contributed by atoms with Gasteiger partial charge in [0.2, 0.25) is 0 Å². The molecule has 0 fully saturated rings. The van der Waals surface area contributed by atoms with Crippen molar-refractivity contribution in [2.45, 2.75) is 44.6 Å². The minimum Gasteiger partial charge on any atom is -0.385 e. The van der Waals surface area contributed by atoms with Crippen LogP contribution in [0.5, 0.6) is 0 Å². The van der Waals surface area contributed by atoms with E-state index in [0.717, 1.165) is 19.3 Å². The van der Waals surface area contributed by atoms with Crippen molar-refractivity contribution < 1.29 is 5.11 Å². The zero-order chi connectivity index (χ0) is 10.2. The summed E-state index contributed by atoms with van der Waals surface area (Å²) in [6.07, 6.45) is 8.10. The highest BCUT2D eigenvalue weighted by Crippen LogP contribution is 2.20. The lowest BCUT2D eigenvalue weighted by Gasteiger charge is -2.21. The van der Waals surface area contributed by atoms with Gasteiger partial charge in [-0.25, -0.2) is 0 Å². The topological polar surface area (TPSA) is 20.2 Å². The third kappa shape index (κ3) is 5.46. The standard InChI is InChI=1S/C12H20O/c1-4-7-8-11-12(13,9-5-2)10-6-3/h5,10,13H,2-4,7-9,11H2,1H3. The molecule has 0 heterocycles. The monoisotopic (exact) mass is 180 g/mol. The summed E-state index contributed by atoms with van der Waals surface area (Å²) in [5, 5.41) is 10.0. The highest BCUT2D eigenvalue weighted by Gasteiger charge is 2.20. The summed E-state index contributed by atoms with van der Waals surface area (Å²) < 4.78 is 0. The van der Waals surface area contributed by atoms with Crippen molar-refractivity contribution in [1.82, 2.24) is 0 Å². The number of hydrogen-bond acceptors (Lipinski definition) is 1. The highest BCUT2D eigenvalue weighted by molar-refractivity contribution is 5.02. The molecular formula is C12H20O. The van der Waals surface area contributed by atoms with Crippen molar-refractivity contribution >= 4 is 0 Å². The molecule has 0 aromatic carbocycles. The minimum absolute atomic E-state index is 0.583. The Morgan fingerprint density at radius 1 is 1.46 bits per heavy atom. The van der Waals surface area contributed by atoms with Crippen LogP contribution in [0.1, 0.15) is 39.0 Å². The second kappa shape index (κ2) is 6.71. The molecule has 0 saturated carbocycles. The van der Waals surface area contributed by atoms with Crippen molar-refractivity contribution in [3.63, 3.8) is 0 Å². The lowest BCUT2D eigenvalue weighted by molar-refractivity contribution is 0.0820. The van der Waals surface area contributed by atoms with Gasteiger partial charge in [0.25, 0.3) is 0 Å². The van der Waals surface area contributed by atoms with Gasteiger partial charge in [0.15, 0.2) is 0 Å². The van der Waals surface area contributed by atoms with Crippen LogP contribution in [-0.2, 0) is 0 Å². The molecule has 0 spiro atoms. The van der Waals surface area contributed by atoms with Gasteiger partial charge >= 0.3 is 0 Å². The molecule has 0 aliphatic rings. The predicted molar refractivity (Wildman–Crippen MR) is 57.6 cm³/mol. The molecule has 13 heavy (non-hydrogen) atoms. The largest absolute Gasteiger partial charge is 0.385 e. The van der Waals surface area contributed by atoms with Crippen LogP contribution in [0.25, 0.3) is 0 Å². The third-order valence-electron chi connectivity index (χ3n) is 2.08. The zero-order valence-electron chi connectivity index (χ0n) is 8.55. The Kier molecular flexibility index (Phi) is 6.30. The summed E-state index contributed by atoms with van der Waals surface area (Å²) in [5.74, 6) is 0. The molecule has 0 bridgehead atoms. The first-order valence-corrected chi connectivity index (χ1v) is 4.89. The van der Waals surface area contributed by atoms with Crippen LogP contribution in [0.15, 0.2) is 31.0 Å². The summed E-state index contributed by atoms with van der Waals surface area (Å²) >= 11 is 0. The van der Waals surface area contributed by atoms with E-state index in [0.29, 0.717) is 6.42 Å². The van der Waals surface area contributed by atoms with E-state index >= 15 is 0 Å². The molecule has 74 valence electrons. The van der Waals surface area contributed by atoms with Crippen molar-refractivity contribution in [2.24, 2.45) is 0 Å². The Labute approximate surface area is 81.5 Å². The maximum absolute atomic E-state index is 10.0. The van der Waals surface area contributed by atoms with Gasteiger partial charge in [-0.1, -0.05) is 38.8 Å². The van der Waals surface area contributed by atoms with E-state index in [4.69, 9.17) is 0 Å². The lowest BCUT2D eigenvalue weighted by Crippen LogP contribution is -2.24. The number of unbranched alkanes of at least 4 members (excludes halogenated alkanes) is 2. The zero-order valence-corrected chi connectivity index (χ0v) is 8.55. The quantitative estimate of drug-likeness (QED) is 0.362. The fraction of sp³-hybridized carbons (Fsp3) is 0.583. The molecule has 1 N–H and O–H groups in total. The van der Waals surface area contributed by atoms with Gasteiger partial charge in [0, 0.05) is 0 Å². The van der Waals surface area contributed by atoms with Gasteiger partial charge < -0.3 is 5.11 Å². The molecule has 0 saturated heterocycles. The molecule has 0 aliphatic carbocycles. The van der Waals surface area contributed by atoms with Crippen LogP contribution in [0.2, 0.25) is 0 Å². The van der Waals surface area contributed by atoms with Crippen molar-refractivity contribution in [2.75, 3.05) is 0 Å². The Balaban J connectivity index is 4.06. The first-order chi connectivity index (χ1) is 6.18. The third-order valence-corrected chi connectivity index (χ3v) is 2.08. The van der Waals surface area contributed by atoms with Crippen molar-refractivity contribution in [3.8, 4) is 0 Å². The van der Waals surface area contributed by atoms with Gasteiger partial charge in [-0.05, 0) is 18.9 Å². The predicted octanol–water partition coefficient (Wildman–Crippen LogP) is 3.22. The molecule has 0 amide bonds.